The van der Waals surface area contributed by atoms with Crippen molar-refractivity contribution in [3.63, 3.8) is 0 Å². The predicted molar refractivity (Wildman–Crippen MR) is 90.8 cm³/mol. The lowest BCUT2D eigenvalue weighted by molar-refractivity contribution is 0.0959. The van der Waals surface area contributed by atoms with Gasteiger partial charge in [-0.25, -0.2) is 4.98 Å². The summed E-state index contributed by atoms with van der Waals surface area (Å²) in [5.41, 5.74) is 8.23. The molecule has 0 aromatic carbocycles. The number of carbonyl (C=O) groups is 1. The number of fused-ring (bicyclic) bond motifs is 1. The first-order valence-electron chi connectivity index (χ1n) is 6.36. The molecule has 0 fully saturated rings. The molecule has 0 aliphatic carbocycles. The second kappa shape index (κ2) is 5.44. The molecule has 3 heterocycles. The van der Waals surface area contributed by atoms with Crippen LogP contribution in [-0.2, 0) is 0 Å². The maximum Gasteiger partial charge on any atom is 0.282 e. The average Bonchev–Trinajstić information content (AvgIpc) is 2.88. The molecule has 112 valence electrons. The minimum Gasteiger partial charge on any atom is -0.368 e. The zero-order chi connectivity index (χ0) is 16.0. The Bertz CT molecular complexity index is 919. The van der Waals surface area contributed by atoms with E-state index in [1.54, 1.807) is 18.5 Å². The Morgan fingerprint density at radius 3 is 2.73 bits per heavy atom. The highest BCUT2D eigenvalue weighted by Gasteiger charge is 2.19. The van der Waals surface area contributed by atoms with Gasteiger partial charge in [-0.2, -0.15) is 4.98 Å². The molecule has 0 saturated heterocycles. The second-order valence-corrected chi connectivity index (χ2v) is 6.37. The van der Waals surface area contributed by atoms with Gasteiger partial charge in [-0.1, -0.05) is 15.9 Å². The molecular weight excluding hydrogens is 414 g/mol. The highest BCUT2D eigenvalue weighted by Crippen LogP contribution is 2.26. The second-order valence-electron chi connectivity index (χ2n) is 4.83. The first-order valence-corrected chi connectivity index (χ1v) is 7.95. The normalized spacial score (nSPS) is 11.1. The Kier molecular flexibility index (Phi) is 3.73. The zero-order valence-electron chi connectivity index (χ0n) is 11.8. The Morgan fingerprint density at radius 2 is 2.00 bits per heavy atom. The van der Waals surface area contributed by atoms with Gasteiger partial charge in [0.1, 0.15) is 10.3 Å². The van der Waals surface area contributed by atoms with E-state index in [2.05, 4.69) is 46.8 Å². The number of aromatic nitrogens is 4. The molecule has 0 radical (unpaired) electrons. The number of pyridine rings is 1. The van der Waals surface area contributed by atoms with Gasteiger partial charge in [0.2, 0.25) is 5.95 Å². The summed E-state index contributed by atoms with van der Waals surface area (Å²) in [5.74, 6) is -0.167. The van der Waals surface area contributed by atoms with Gasteiger partial charge < -0.3 is 5.73 Å². The Morgan fingerprint density at radius 1 is 1.27 bits per heavy atom. The summed E-state index contributed by atoms with van der Waals surface area (Å²) in [7, 11) is 0. The van der Waals surface area contributed by atoms with Crippen LogP contribution >= 0.6 is 31.9 Å². The number of hydrogen-bond acceptors (Lipinski definition) is 5. The molecule has 0 saturated carbocycles. The van der Waals surface area contributed by atoms with Crippen LogP contribution in [0.15, 0.2) is 27.5 Å². The van der Waals surface area contributed by atoms with Crippen molar-refractivity contribution in [3.05, 3.63) is 44.4 Å². The van der Waals surface area contributed by atoms with Crippen molar-refractivity contribution in [2.75, 3.05) is 5.73 Å². The van der Waals surface area contributed by atoms with E-state index in [1.165, 1.54) is 4.57 Å². The van der Waals surface area contributed by atoms with E-state index < -0.39 is 0 Å². The highest BCUT2D eigenvalue weighted by atomic mass is 79.9. The lowest BCUT2D eigenvalue weighted by Gasteiger charge is -2.09. The van der Waals surface area contributed by atoms with E-state index in [0.29, 0.717) is 21.3 Å². The third kappa shape index (κ3) is 2.32. The van der Waals surface area contributed by atoms with Crippen LogP contribution in [0.25, 0.3) is 11.0 Å². The third-order valence-corrected chi connectivity index (χ3v) is 5.18. The molecule has 0 spiro atoms. The number of nitrogens with zero attached hydrogens (tertiary/aromatic N) is 4. The van der Waals surface area contributed by atoms with Gasteiger partial charge in [-0.05, 0) is 47.0 Å². The van der Waals surface area contributed by atoms with Crippen molar-refractivity contribution >= 4 is 54.7 Å². The number of aryl methyl sites for hydroxylation is 1. The van der Waals surface area contributed by atoms with Gasteiger partial charge in [0.15, 0.2) is 5.65 Å². The van der Waals surface area contributed by atoms with Gasteiger partial charge in [-0.15, -0.1) is 0 Å². The van der Waals surface area contributed by atoms with E-state index in [0.717, 1.165) is 15.6 Å². The molecule has 3 aromatic rings. The van der Waals surface area contributed by atoms with Crippen LogP contribution in [0.2, 0.25) is 0 Å². The summed E-state index contributed by atoms with van der Waals surface area (Å²) in [5, 5.41) is 0.714. The summed E-state index contributed by atoms with van der Waals surface area (Å²) in [6.45, 7) is 3.77. The molecular formula is C14H11Br2N5O. The van der Waals surface area contributed by atoms with Crippen LogP contribution < -0.4 is 5.73 Å². The van der Waals surface area contributed by atoms with Gasteiger partial charge in [0.05, 0.1) is 5.39 Å². The molecule has 8 heteroatoms. The van der Waals surface area contributed by atoms with Crippen molar-refractivity contribution in [2.24, 2.45) is 0 Å². The van der Waals surface area contributed by atoms with Crippen molar-refractivity contribution in [3.8, 4) is 0 Å². The van der Waals surface area contributed by atoms with Crippen molar-refractivity contribution < 1.29 is 4.79 Å². The first-order chi connectivity index (χ1) is 10.4. The number of hydrogen-bond donors (Lipinski definition) is 1. The SMILES string of the molecule is Cc1cnc(C(=O)n2ccc3c(Br)nc(N)nc32)c(C)c1Br. The first kappa shape index (κ1) is 15.1. The molecule has 0 amide bonds. The number of anilines is 1. The predicted octanol–water partition coefficient (Wildman–Crippen LogP) is 3.24. The molecule has 0 unspecified atom stereocenters. The van der Waals surface area contributed by atoms with Gasteiger partial charge in [0.25, 0.3) is 5.91 Å². The van der Waals surface area contributed by atoms with Crippen LogP contribution in [0, 0.1) is 13.8 Å². The minimum absolute atomic E-state index is 0.0990. The Hall–Kier alpha value is -1.80. The van der Waals surface area contributed by atoms with Crippen LogP contribution in [-0.4, -0.2) is 25.4 Å². The Balaban J connectivity index is 2.20. The highest BCUT2D eigenvalue weighted by molar-refractivity contribution is 9.10. The van der Waals surface area contributed by atoms with Crippen molar-refractivity contribution in [1.29, 1.82) is 0 Å². The topological polar surface area (TPSA) is 86.7 Å². The Labute approximate surface area is 143 Å². The van der Waals surface area contributed by atoms with Crippen LogP contribution in [0.1, 0.15) is 21.6 Å². The maximum absolute atomic E-state index is 12.8. The average molecular weight is 425 g/mol. The van der Waals surface area contributed by atoms with Crippen LogP contribution in [0.5, 0.6) is 0 Å². The number of carbonyl (C=O) groups excluding carboxylic acids is 1. The fraction of sp³-hybridized carbons (Fsp3) is 0.143. The molecule has 0 aliphatic rings. The van der Waals surface area contributed by atoms with Crippen LogP contribution in [0.3, 0.4) is 0 Å². The largest absolute Gasteiger partial charge is 0.368 e. The zero-order valence-corrected chi connectivity index (χ0v) is 14.9. The molecule has 3 rings (SSSR count). The number of halogens is 2. The molecule has 3 aromatic heterocycles. The molecule has 0 bridgehead atoms. The maximum atomic E-state index is 12.8. The van der Waals surface area contributed by atoms with Crippen molar-refractivity contribution in [2.45, 2.75) is 13.8 Å². The molecule has 0 atom stereocenters. The quantitative estimate of drug-likeness (QED) is 0.606. The van der Waals surface area contributed by atoms with E-state index >= 15 is 0 Å². The summed E-state index contributed by atoms with van der Waals surface area (Å²) >= 11 is 6.80. The van der Waals surface area contributed by atoms with Crippen molar-refractivity contribution in [1.82, 2.24) is 19.5 Å². The number of nitrogen functional groups attached to an aromatic ring is 1. The number of nitrogens with two attached hydrogens (primary N) is 1. The molecule has 0 aliphatic heterocycles. The summed E-state index contributed by atoms with van der Waals surface area (Å²) in [6.07, 6.45) is 3.30. The minimum atomic E-state index is -0.266. The fourth-order valence-corrected chi connectivity index (χ4v) is 2.98. The monoisotopic (exact) mass is 423 g/mol. The molecule has 22 heavy (non-hydrogen) atoms. The summed E-state index contributed by atoms with van der Waals surface area (Å²) in [4.78, 5) is 25.2. The summed E-state index contributed by atoms with van der Waals surface area (Å²) in [6, 6.07) is 1.76. The standard InChI is InChI=1S/C14H11Br2N5O/c1-6-5-18-10(7(2)9(6)15)13(22)21-4-3-8-11(16)19-14(17)20-12(8)21/h3-5H,1-2H3,(H2,17,19,20). The smallest absolute Gasteiger partial charge is 0.282 e. The van der Waals surface area contributed by atoms with Gasteiger partial charge in [0, 0.05) is 16.9 Å². The fourth-order valence-electron chi connectivity index (χ4n) is 2.20. The summed E-state index contributed by atoms with van der Waals surface area (Å²) < 4.78 is 2.85. The van der Waals surface area contributed by atoms with E-state index in [4.69, 9.17) is 5.73 Å². The lowest BCUT2D eigenvalue weighted by atomic mass is 10.1. The van der Waals surface area contributed by atoms with E-state index in [1.807, 2.05) is 13.8 Å². The van der Waals surface area contributed by atoms with Gasteiger partial charge >= 0.3 is 0 Å². The lowest BCUT2D eigenvalue weighted by Crippen LogP contribution is -2.15. The molecule has 6 nitrogen and oxygen atoms in total. The van der Waals surface area contributed by atoms with Crippen LogP contribution in [0.4, 0.5) is 5.95 Å². The molecule has 2 N–H and O–H groups in total. The van der Waals surface area contributed by atoms with Gasteiger partial charge in [-0.3, -0.25) is 14.3 Å². The number of rotatable bonds is 1. The van der Waals surface area contributed by atoms with E-state index in [-0.39, 0.29) is 11.9 Å². The van der Waals surface area contributed by atoms with E-state index in [9.17, 15) is 4.79 Å². The third-order valence-electron chi connectivity index (χ3n) is 3.35.